The lowest BCUT2D eigenvalue weighted by molar-refractivity contribution is -0.137. The average molecular weight is 378 g/mol. The van der Waals surface area contributed by atoms with E-state index >= 15 is 0 Å². The molecule has 0 aromatic heterocycles. The summed E-state index contributed by atoms with van der Waals surface area (Å²) in [7, 11) is 0. The lowest BCUT2D eigenvalue weighted by Gasteiger charge is -2.12. The van der Waals surface area contributed by atoms with Gasteiger partial charge in [-0.3, -0.25) is 9.59 Å². The summed E-state index contributed by atoms with van der Waals surface area (Å²) >= 11 is 0. The Labute approximate surface area is 153 Å². The van der Waals surface area contributed by atoms with Crippen molar-refractivity contribution in [2.45, 2.75) is 25.1 Å². The van der Waals surface area contributed by atoms with E-state index in [9.17, 15) is 22.8 Å². The zero-order chi connectivity index (χ0) is 19.4. The molecule has 0 radical (unpaired) electrons. The molecule has 0 unspecified atom stereocenters. The Balaban J connectivity index is 1.61. The van der Waals surface area contributed by atoms with Crippen LogP contribution in [0.2, 0.25) is 0 Å². The third-order valence-corrected chi connectivity index (χ3v) is 3.89. The number of amides is 2. The molecule has 0 heterocycles. The van der Waals surface area contributed by atoms with E-state index in [0.29, 0.717) is 11.3 Å². The van der Waals surface area contributed by atoms with Crippen LogP contribution in [0.1, 0.15) is 28.8 Å². The molecular weight excluding hydrogens is 361 g/mol. The minimum Gasteiger partial charge on any atom is -0.484 e. The summed E-state index contributed by atoms with van der Waals surface area (Å²) in [4.78, 5) is 24.3. The molecule has 2 amide bonds. The maximum absolute atomic E-state index is 12.7. The zero-order valence-electron chi connectivity index (χ0n) is 14.2. The molecule has 142 valence electrons. The Kier molecular flexibility index (Phi) is 5.34. The van der Waals surface area contributed by atoms with Gasteiger partial charge in [0.05, 0.1) is 16.8 Å². The molecule has 5 nitrogen and oxygen atoms in total. The number of anilines is 1. The Morgan fingerprint density at radius 1 is 1.07 bits per heavy atom. The first-order chi connectivity index (χ1) is 12.8. The van der Waals surface area contributed by atoms with Crippen LogP contribution in [0.25, 0.3) is 0 Å². The van der Waals surface area contributed by atoms with Crippen LogP contribution in [0.5, 0.6) is 5.75 Å². The van der Waals surface area contributed by atoms with Crippen LogP contribution < -0.4 is 15.4 Å². The molecule has 8 heteroatoms. The monoisotopic (exact) mass is 378 g/mol. The van der Waals surface area contributed by atoms with Crippen molar-refractivity contribution < 1.29 is 27.5 Å². The number of halogens is 3. The van der Waals surface area contributed by atoms with Gasteiger partial charge in [-0.05, 0) is 43.2 Å². The fourth-order valence-electron chi connectivity index (χ4n) is 2.38. The fourth-order valence-corrected chi connectivity index (χ4v) is 2.38. The third-order valence-electron chi connectivity index (χ3n) is 3.89. The van der Waals surface area contributed by atoms with E-state index < -0.39 is 24.3 Å². The molecule has 0 atom stereocenters. The maximum atomic E-state index is 12.7. The first-order valence-electron chi connectivity index (χ1n) is 8.33. The SMILES string of the molecule is O=C(COc1cccc(C(F)(F)F)c1)Nc1ccccc1C(=O)NC1CC1. The number of alkyl halides is 3. The number of hydrogen-bond donors (Lipinski definition) is 2. The lowest BCUT2D eigenvalue weighted by atomic mass is 10.1. The highest BCUT2D eigenvalue weighted by Crippen LogP contribution is 2.31. The Hall–Kier alpha value is -3.03. The van der Waals surface area contributed by atoms with Crippen LogP contribution >= 0.6 is 0 Å². The van der Waals surface area contributed by atoms with Crippen LogP contribution in [0.3, 0.4) is 0 Å². The van der Waals surface area contributed by atoms with Crippen LogP contribution in [0.15, 0.2) is 48.5 Å². The highest BCUT2D eigenvalue weighted by Gasteiger charge is 2.30. The predicted octanol–water partition coefficient (Wildman–Crippen LogP) is 3.62. The summed E-state index contributed by atoms with van der Waals surface area (Å²) in [6.45, 7) is -0.486. The van der Waals surface area contributed by atoms with E-state index in [2.05, 4.69) is 10.6 Å². The number of benzene rings is 2. The molecule has 27 heavy (non-hydrogen) atoms. The summed E-state index contributed by atoms with van der Waals surface area (Å²) in [5.74, 6) is -0.939. The molecule has 3 rings (SSSR count). The predicted molar refractivity (Wildman–Crippen MR) is 92.5 cm³/mol. The topological polar surface area (TPSA) is 67.4 Å². The summed E-state index contributed by atoms with van der Waals surface area (Å²) in [5, 5.41) is 5.39. The molecule has 0 spiro atoms. The van der Waals surface area contributed by atoms with Crippen molar-refractivity contribution in [3.63, 3.8) is 0 Å². The van der Waals surface area contributed by atoms with Crippen LogP contribution in [0, 0.1) is 0 Å². The summed E-state index contributed by atoms with van der Waals surface area (Å²) in [6.07, 6.45) is -2.62. The van der Waals surface area contributed by atoms with E-state index in [1.807, 2.05) is 0 Å². The molecule has 1 aliphatic rings. The summed E-state index contributed by atoms with van der Waals surface area (Å²) < 4.78 is 43.2. The fraction of sp³-hybridized carbons (Fsp3) is 0.263. The van der Waals surface area contributed by atoms with Gasteiger partial charge in [0.15, 0.2) is 6.61 Å². The van der Waals surface area contributed by atoms with Gasteiger partial charge in [-0.1, -0.05) is 18.2 Å². The number of carbonyl (C=O) groups excluding carboxylic acids is 2. The second kappa shape index (κ2) is 7.69. The largest absolute Gasteiger partial charge is 0.484 e. The van der Waals surface area contributed by atoms with E-state index in [4.69, 9.17) is 4.74 Å². The molecule has 0 bridgehead atoms. The van der Waals surface area contributed by atoms with Crippen molar-refractivity contribution in [3.05, 3.63) is 59.7 Å². The van der Waals surface area contributed by atoms with Crippen LogP contribution in [0.4, 0.5) is 18.9 Å². The number of para-hydroxylation sites is 1. The van der Waals surface area contributed by atoms with Crippen molar-refractivity contribution in [1.29, 1.82) is 0 Å². The van der Waals surface area contributed by atoms with E-state index in [1.54, 1.807) is 24.3 Å². The molecule has 0 aliphatic heterocycles. The number of carbonyl (C=O) groups is 2. The second-order valence-corrected chi connectivity index (χ2v) is 6.16. The Morgan fingerprint density at radius 2 is 1.81 bits per heavy atom. The summed E-state index contributed by atoms with van der Waals surface area (Å²) in [6, 6.07) is 10.9. The van der Waals surface area contributed by atoms with Gasteiger partial charge in [0.25, 0.3) is 11.8 Å². The first kappa shape index (κ1) is 18.8. The normalized spacial score (nSPS) is 13.7. The Morgan fingerprint density at radius 3 is 2.52 bits per heavy atom. The third kappa shape index (κ3) is 5.22. The zero-order valence-corrected chi connectivity index (χ0v) is 14.2. The number of ether oxygens (including phenoxy) is 1. The summed E-state index contributed by atoms with van der Waals surface area (Å²) in [5.41, 5.74) is -0.229. The van der Waals surface area contributed by atoms with E-state index in [-0.39, 0.29) is 17.7 Å². The van der Waals surface area contributed by atoms with Gasteiger partial charge in [-0.15, -0.1) is 0 Å². The number of rotatable bonds is 6. The van der Waals surface area contributed by atoms with Gasteiger partial charge < -0.3 is 15.4 Å². The number of hydrogen-bond acceptors (Lipinski definition) is 3. The maximum Gasteiger partial charge on any atom is 0.416 e. The van der Waals surface area contributed by atoms with Crippen molar-refractivity contribution in [3.8, 4) is 5.75 Å². The van der Waals surface area contributed by atoms with Gasteiger partial charge >= 0.3 is 6.18 Å². The molecule has 1 fully saturated rings. The molecular formula is C19H17F3N2O3. The minimum atomic E-state index is -4.49. The smallest absolute Gasteiger partial charge is 0.416 e. The molecule has 0 saturated heterocycles. The van der Waals surface area contributed by atoms with Gasteiger partial charge in [-0.25, -0.2) is 0 Å². The van der Waals surface area contributed by atoms with Crippen molar-refractivity contribution in [2.24, 2.45) is 0 Å². The molecule has 1 saturated carbocycles. The average Bonchev–Trinajstić information content (AvgIpc) is 3.44. The molecule has 1 aliphatic carbocycles. The second-order valence-electron chi connectivity index (χ2n) is 6.16. The molecule has 2 N–H and O–H groups in total. The van der Waals surface area contributed by atoms with Gasteiger partial charge in [0.2, 0.25) is 0 Å². The number of nitrogens with one attached hydrogen (secondary N) is 2. The first-order valence-corrected chi connectivity index (χ1v) is 8.33. The molecule has 2 aromatic rings. The quantitative estimate of drug-likeness (QED) is 0.807. The van der Waals surface area contributed by atoms with E-state index in [1.165, 1.54) is 12.1 Å². The van der Waals surface area contributed by atoms with Gasteiger partial charge in [0, 0.05) is 6.04 Å². The standard InChI is InChI=1S/C19H17F3N2O3/c20-19(21,22)12-4-3-5-14(10-12)27-11-17(25)24-16-7-2-1-6-15(16)18(26)23-13-8-9-13/h1-7,10,13H,8-9,11H2,(H,23,26)(H,24,25). The van der Waals surface area contributed by atoms with E-state index in [0.717, 1.165) is 25.0 Å². The molecule has 2 aromatic carbocycles. The highest BCUT2D eigenvalue weighted by atomic mass is 19.4. The Bertz CT molecular complexity index is 848. The van der Waals surface area contributed by atoms with Crippen molar-refractivity contribution in [1.82, 2.24) is 5.32 Å². The van der Waals surface area contributed by atoms with Crippen molar-refractivity contribution in [2.75, 3.05) is 11.9 Å². The van der Waals surface area contributed by atoms with Gasteiger partial charge in [-0.2, -0.15) is 13.2 Å². The van der Waals surface area contributed by atoms with Crippen LogP contribution in [-0.2, 0) is 11.0 Å². The van der Waals surface area contributed by atoms with Gasteiger partial charge in [0.1, 0.15) is 5.75 Å². The minimum absolute atomic E-state index is 0.0697. The lowest BCUT2D eigenvalue weighted by Crippen LogP contribution is -2.28. The van der Waals surface area contributed by atoms with Crippen molar-refractivity contribution >= 4 is 17.5 Å². The van der Waals surface area contributed by atoms with Crippen LogP contribution in [-0.4, -0.2) is 24.5 Å². The highest BCUT2D eigenvalue weighted by molar-refractivity contribution is 6.04.